The highest BCUT2D eigenvalue weighted by molar-refractivity contribution is 9.15. The number of nitrogens with one attached hydrogen (secondary N) is 1. The molecule has 148 valence electrons. The maximum atomic E-state index is 10.6. The Bertz CT molecular complexity index is 922. The molecule has 28 heavy (non-hydrogen) atoms. The third-order valence-corrected chi connectivity index (χ3v) is 6.50. The molecule has 0 saturated heterocycles. The summed E-state index contributed by atoms with van der Waals surface area (Å²) in [6, 6.07) is 5.93. The van der Waals surface area contributed by atoms with E-state index in [1.165, 1.54) is 11.1 Å². The topological polar surface area (TPSA) is 67.3 Å². The van der Waals surface area contributed by atoms with Crippen molar-refractivity contribution in [1.82, 2.24) is 10.2 Å². The van der Waals surface area contributed by atoms with Crippen molar-refractivity contribution in [2.45, 2.75) is 57.1 Å². The number of benzene rings is 1. The van der Waals surface area contributed by atoms with Crippen LogP contribution in [0.2, 0.25) is 0 Å². The summed E-state index contributed by atoms with van der Waals surface area (Å²) in [4.78, 5) is 0. The highest BCUT2D eigenvalue weighted by atomic mass is 79.9. The van der Waals surface area contributed by atoms with Gasteiger partial charge in [0.15, 0.2) is 5.82 Å². The molecule has 0 radical (unpaired) electrons. The Morgan fingerprint density at radius 3 is 2.61 bits per heavy atom. The van der Waals surface area contributed by atoms with Crippen molar-refractivity contribution in [1.29, 1.82) is 0 Å². The van der Waals surface area contributed by atoms with Gasteiger partial charge in [-0.3, -0.25) is 0 Å². The number of hydrogen-bond donors (Lipinski definition) is 2. The molecule has 2 aliphatic rings. The fraction of sp³-hybridized carbons (Fsp3) is 0.455. The monoisotopic (exact) mass is 443 g/mol. The molecule has 0 unspecified atom stereocenters. The Labute approximate surface area is 174 Å². The zero-order chi connectivity index (χ0) is 19.9. The molecule has 1 aromatic carbocycles. The van der Waals surface area contributed by atoms with Crippen molar-refractivity contribution in [3.8, 4) is 17.0 Å². The van der Waals surface area contributed by atoms with Crippen LogP contribution in [0.1, 0.15) is 49.3 Å². The zero-order valence-corrected chi connectivity index (χ0v) is 18.0. The third kappa shape index (κ3) is 3.55. The Balaban J connectivity index is 1.66. The summed E-state index contributed by atoms with van der Waals surface area (Å²) >= 11 is 3.36. The van der Waals surface area contributed by atoms with Gasteiger partial charge in [0.25, 0.3) is 0 Å². The number of phenols is 1. The van der Waals surface area contributed by atoms with E-state index in [2.05, 4.69) is 44.9 Å². The number of methoxy groups -OCH3 is 1. The Kier molecular flexibility index (Phi) is 5.19. The first-order valence-corrected chi connectivity index (χ1v) is 10.6. The molecule has 1 aromatic heterocycles. The van der Waals surface area contributed by atoms with E-state index in [1.807, 2.05) is 12.1 Å². The number of hydrogen-bond acceptors (Lipinski definition) is 5. The van der Waals surface area contributed by atoms with Gasteiger partial charge in [-0.1, -0.05) is 28.6 Å². The number of rotatable bonds is 5. The van der Waals surface area contributed by atoms with E-state index in [4.69, 9.17) is 4.74 Å². The highest BCUT2D eigenvalue weighted by Gasteiger charge is 2.41. The maximum absolute atomic E-state index is 10.6. The van der Waals surface area contributed by atoms with Crippen LogP contribution in [0.3, 0.4) is 0 Å². The molecule has 4 rings (SSSR count). The van der Waals surface area contributed by atoms with Crippen molar-refractivity contribution < 1.29 is 9.84 Å². The molecular formula is C22H26BrN3O2. The molecule has 1 fully saturated rings. The second kappa shape index (κ2) is 7.48. The van der Waals surface area contributed by atoms with Crippen molar-refractivity contribution in [3.05, 3.63) is 41.5 Å². The van der Waals surface area contributed by atoms with Crippen LogP contribution >= 0.6 is 15.9 Å². The van der Waals surface area contributed by atoms with E-state index in [9.17, 15) is 5.11 Å². The molecule has 0 amide bonds. The second-order valence-corrected chi connectivity index (χ2v) is 9.06. The molecule has 0 bridgehead atoms. The largest absolute Gasteiger partial charge is 0.507 e. The number of nitrogens with zero attached hydrogens (tertiary/aromatic N) is 2. The summed E-state index contributed by atoms with van der Waals surface area (Å²) in [7, 11) is 1.77. The summed E-state index contributed by atoms with van der Waals surface area (Å²) < 4.78 is 6.30. The van der Waals surface area contributed by atoms with Gasteiger partial charge in [-0.2, -0.15) is 0 Å². The molecule has 2 aliphatic carbocycles. The number of ether oxygens (including phenoxy) is 1. The smallest absolute Gasteiger partial charge is 0.152 e. The van der Waals surface area contributed by atoms with Gasteiger partial charge < -0.3 is 15.2 Å². The van der Waals surface area contributed by atoms with Crippen molar-refractivity contribution >= 4 is 26.2 Å². The SMILES string of the molecule is C=C(Br)c1ccc(-c2nnc(NC3CC(C)(OC)C3)c3c2CCCC3)c(O)c1. The lowest BCUT2D eigenvalue weighted by Crippen LogP contribution is -2.50. The van der Waals surface area contributed by atoms with Gasteiger partial charge in [0.2, 0.25) is 0 Å². The van der Waals surface area contributed by atoms with Crippen LogP contribution < -0.4 is 5.32 Å². The fourth-order valence-corrected chi connectivity index (χ4v) is 4.57. The average molecular weight is 444 g/mol. The van der Waals surface area contributed by atoms with Crippen LogP contribution in [0, 0.1) is 0 Å². The van der Waals surface area contributed by atoms with Gasteiger partial charge in [-0.15, -0.1) is 10.2 Å². The van der Waals surface area contributed by atoms with E-state index in [0.29, 0.717) is 6.04 Å². The molecule has 0 spiro atoms. The van der Waals surface area contributed by atoms with Crippen molar-refractivity contribution in [3.63, 3.8) is 0 Å². The van der Waals surface area contributed by atoms with Crippen LogP contribution in [0.25, 0.3) is 15.7 Å². The number of aromatic nitrogens is 2. The van der Waals surface area contributed by atoms with Gasteiger partial charge in [-0.05, 0) is 68.7 Å². The van der Waals surface area contributed by atoms with E-state index in [1.54, 1.807) is 13.2 Å². The van der Waals surface area contributed by atoms with Crippen LogP contribution in [-0.4, -0.2) is 34.1 Å². The highest BCUT2D eigenvalue weighted by Crippen LogP contribution is 2.40. The van der Waals surface area contributed by atoms with Gasteiger partial charge in [-0.25, -0.2) is 0 Å². The first-order valence-electron chi connectivity index (χ1n) is 9.78. The van der Waals surface area contributed by atoms with Crippen LogP contribution in [-0.2, 0) is 17.6 Å². The van der Waals surface area contributed by atoms with Gasteiger partial charge in [0, 0.05) is 28.8 Å². The van der Waals surface area contributed by atoms with Gasteiger partial charge >= 0.3 is 0 Å². The number of aromatic hydroxyl groups is 1. The molecule has 0 atom stereocenters. The summed E-state index contributed by atoms with van der Waals surface area (Å²) in [5.41, 5.74) is 4.80. The van der Waals surface area contributed by atoms with E-state index >= 15 is 0 Å². The maximum Gasteiger partial charge on any atom is 0.152 e. The molecule has 0 aliphatic heterocycles. The minimum Gasteiger partial charge on any atom is -0.507 e. The van der Waals surface area contributed by atoms with Crippen LogP contribution in [0.15, 0.2) is 24.8 Å². The summed E-state index contributed by atoms with van der Waals surface area (Å²) in [6.45, 7) is 6.01. The normalized spacial score (nSPS) is 23.6. The second-order valence-electron chi connectivity index (χ2n) is 8.10. The van der Waals surface area contributed by atoms with Gasteiger partial charge in [0.1, 0.15) is 11.4 Å². The van der Waals surface area contributed by atoms with Crippen molar-refractivity contribution in [2.24, 2.45) is 0 Å². The standard InChI is InChI=1S/C22H26BrN3O2/c1-13(23)14-8-9-18(19(27)10-14)20-16-6-4-5-7-17(16)21(26-25-20)24-15-11-22(2,12-15)28-3/h8-10,15,27H,1,4-7,11-12H2,2-3H3,(H,24,26). The summed E-state index contributed by atoms with van der Waals surface area (Å²) in [6.07, 6.45) is 6.18. The zero-order valence-electron chi connectivity index (χ0n) is 16.4. The Morgan fingerprint density at radius 1 is 1.25 bits per heavy atom. The summed E-state index contributed by atoms with van der Waals surface area (Å²) in [5, 5.41) is 23.2. The lowest BCUT2D eigenvalue weighted by molar-refractivity contribution is -0.0625. The number of halogens is 1. The minimum atomic E-state index is -0.0297. The summed E-state index contributed by atoms with van der Waals surface area (Å²) in [5.74, 6) is 1.10. The average Bonchev–Trinajstić information content (AvgIpc) is 2.67. The first kappa shape index (κ1) is 19.4. The first-order chi connectivity index (χ1) is 13.4. The van der Waals surface area contributed by atoms with Crippen LogP contribution in [0.5, 0.6) is 5.75 Å². The fourth-order valence-electron chi connectivity index (χ4n) is 4.33. The van der Waals surface area contributed by atoms with Crippen molar-refractivity contribution in [2.75, 3.05) is 12.4 Å². The Morgan fingerprint density at radius 2 is 1.96 bits per heavy atom. The van der Waals surface area contributed by atoms with E-state index in [0.717, 1.165) is 65.6 Å². The molecule has 2 N–H and O–H groups in total. The van der Waals surface area contributed by atoms with Gasteiger partial charge in [0.05, 0.1) is 5.60 Å². The molecule has 6 heteroatoms. The Hall–Kier alpha value is -1.92. The minimum absolute atomic E-state index is 0.0297. The molecule has 1 heterocycles. The van der Waals surface area contributed by atoms with E-state index < -0.39 is 0 Å². The molecule has 2 aromatic rings. The third-order valence-electron chi connectivity index (χ3n) is 6.05. The number of phenolic OH excluding ortho intramolecular Hbond substituents is 1. The number of anilines is 1. The van der Waals surface area contributed by atoms with Crippen LogP contribution in [0.4, 0.5) is 5.82 Å². The molecule has 5 nitrogen and oxygen atoms in total. The van der Waals surface area contributed by atoms with E-state index in [-0.39, 0.29) is 11.4 Å². The lowest BCUT2D eigenvalue weighted by Gasteiger charge is -2.44. The number of fused-ring (bicyclic) bond motifs is 1. The molecule has 1 saturated carbocycles. The molecular weight excluding hydrogens is 418 g/mol. The predicted molar refractivity (Wildman–Crippen MR) is 116 cm³/mol. The lowest BCUT2D eigenvalue weighted by atomic mass is 9.77. The predicted octanol–water partition coefficient (Wildman–Crippen LogP) is 5.07. The quantitative estimate of drug-likeness (QED) is 0.674.